The van der Waals surface area contributed by atoms with Gasteiger partial charge in [-0.15, -0.1) is 11.3 Å². The highest BCUT2D eigenvalue weighted by molar-refractivity contribution is 7.91. The van der Waals surface area contributed by atoms with E-state index in [1.54, 1.807) is 4.31 Å². The summed E-state index contributed by atoms with van der Waals surface area (Å²) in [6, 6.07) is 1.95. The molecule has 0 saturated carbocycles. The lowest BCUT2D eigenvalue weighted by Crippen LogP contribution is -2.40. The van der Waals surface area contributed by atoms with E-state index in [-0.39, 0.29) is 0 Å². The van der Waals surface area contributed by atoms with Crippen LogP contribution in [0.15, 0.2) is 10.3 Å². The summed E-state index contributed by atoms with van der Waals surface area (Å²) < 4.78 is 27.5. The monoisotopic (exact) mass is 316 g/mol. The van der Waals surface area contributed by atoms with E-state index in [1.165, 1.54) is 11.3 Å². The largest absolute Gasteiger partial charge is 0.317 e. The summed E-state index contributed by atoms with van der Waals surface area (Å²) in [5.41, 5.74) is 0.877. The third-order valence-electron chi connectivity index (χ3n) is 3.83. The fraction of sp³-hybridized carbons (Fsp3) is 0.714. The third-order valence-corrected chi connectivity index (χ3v) is 7.49. The minimum atomic E-state index is -3.28. The van der Waals surface area contributed by atoms with Gasteiger partial charge in [-0.25, -0.2) is 8.42 Å². The third kappa shape index (κ3) is 3.42. The second-order valence-corrected chi connectivity index (χ2v) is 8.87. The minimum absolute atomic E-state index is 0.528. The van der Waals surface area contributed by atoms with Gasteiger partial charge in [0.2, 0.25) is 0 Å². The highest BCUT2D eigenvalue weighted by Gasteiger charge is 2.31. The maximum Gasteiger partial charge on any atom is 0.252 e. The Labute approximate surface area is 126 Å². The van der Waals surface area contributed by atoms with Crippen LogP contribution in [0.2, 0.25) is 0 Å². The average Bonchev–Trinajstić information content (AvgIpc) is 2.76. The number of aryl methyl sites for hydroxylation is 2. The molecule has 1 aromatic rings. The zero-order chi connectivity index (χ0) is 14.8. The van der Waals surface area contributed by atoms with Crippen molar-refractivity contribution in [1.29, 1.82) is 0 Å². The fourth-order valence-corrected chi connectivity index (χ4v) is 5.97. The molecule has 1 saturated heterocycles. The van der Waals surface area contributed by atoms with Gasteiger partial charge in [-0.3, -0.25) is 0 Å². The van der Waals surface area contributed by atoms with Gasteiger partial charge < -0.3 is 5.32 Å². The van der Waals surface area contributed by atoms with Crippen molar-refractivity contribution in [3.63, 3.8) is 0 Å². The summed E-state index contributed by atoms with van der Waals surface area (Å²) >= 11 is 1.39. The number of thiophene rings is 1. The van der Waals surface area contributed by atoms with Gasteiger partial charge in [-0.2, -0.15) is 4.31 Å². The second kappa shape index (κ2) is 6.56. The molecular formula is C14H24N2O2S2. The van der Waals surface area contributed by atoms with Crippen molar-refractivity contribution in [3.8, 4) is 0 Å². The van der Waals surface area contributed by atoms with Gasteiger partial charge in [0, 0.05) is 18.0 Å². The SMILES string of the molecule is CCNCC1CCN(S(=O)(=O)c2sc(C)cc2C)CC1. The first-order valence-corrected chi connectivity index (χ1v) is 9.48. The van der Waals surface area contributed by atoms with Crippen LogP contribution in [0.1, 0.15) is 30.2 Å². The standard InChI is InChI=1S/C14H24N2O2S2/c1-4-15-10-13-5-7-16(8-6-13)20(17,18)14-11(2)9-12(3)19-14/h9,13,15H,4-8,10H2,1-3H3. The maximum atomic E-state index is 12.7. The van der Waals surface area contributed by atoms with E-state index in [4.69, 9.17) is 0 Å². The molecule has 0 spiro atoms. The molecule has 0 amide bonds. The molecular weight excluding hydrogens is 292 g/mol. The summed E-state index contributed by atoms with van der Waals surface area (Å²) in [7, 11) is -3.28. The van der Waals surface area contributed by atoms with Crippen molar-refractivity contribution in [3.05, 3.63) is 16.5 Å². The molecule has 1 fully saturated rings. The molecule has 0 radical (unpaired) electrons. The Morgan fingerprint density at radius 2 is 2.00 bits per heavy atom. The summed E-state index contributed by atoms with van der Waals surface area (Å²) in [6.07, 6.45) is 1.91. The molecule has 20 heavy (non-hydrogen) atoms. The number of rotatable bonds is 5. The number of hydrogen-bond donors (Lipinski definition) is 1. The highest BCUT2D eigenvalue weighted by Crippen LogP contribution is 2.31. The van der Waals surface area contributed by atoms with E-state index in [0.717, 1.165) is 36.4 Å². The van der Waals surface area contributed by atoms with Gasteiger partial charge in [-0.1, -0.05) is 6.92 Å². The van der Waals surface area contributed by atoms with E-state index >= 15 is 0 Å². The van der Waals surface area contributed by atoms with E-state index in [2.05, 4.69) is 12.2 Å². The van der Waals surface area contributed by atoms with E-state index in [9.17, 15) is 8.42 Å². The molecule has 0 unspecified atom stereocenters. The van der Waals surface area contributed by atoms with Crippen LogP contribution < -0.4 is 5.32 Å². The molecule has 0 bridgehead atoms. The average molecular weight is 316 g/mol. The Bertz CT molecular complexity index is 544. The van der Waals surface area contributed by atoms with Crippen molar-refractivity contribution in [2.24, 2.45) is 5.92 Å². The second-order valence-electron chi connectivity index (χ2n) is 5.48. The molecule has 2 rings (SSSR count). The molecule has 1 N–H and O–H groups in total. The highest BCUT2D eigenvalue weighted by atomic mass is 32.2. The summed E-state index contributed by atoms with van der Waals surface area (Å²) in [5, 5.41) is 3.35. The molecule has 2 heterocycles. The number of nitrogens with one attached hydrogen (secondary N) is 1. The molecule has 0 atom stereocenters. The molecule has 6 heteroatoms. The van der Waals surface area contributed by atoms with Gasteiger partial charge in [0.1, 0.15) is 4.21 Å². The predicted molar refractivity (Wildman–Crippen MR) is 83.8 cm³/mol. The lowest BCUT2D eigenvalue weighted by atomic mass is 9.98. The summed E-state index contributed by atoms with van der Waals surface area (Å²) in [6.45, 7) is 9.21. The van der Waals surface area contributed by atoms with Crippen LogP contribution in [0.3, 0.4) is 0 Å². The van der Waals surface area contributed by atoms with E-state index < -0.39 is 10.0 Å². The quantitative estimate of drug-likeness (QED) is 0.907. The topological polar surface area (TPSA) is 49.4 Å². The lowest BCUT2D eigenvalue weighted by molar-refractivity contribution is 0.269. The molecule has 1 aromatic heterocycles. The zero-order valence-corrected chi connectivity index (χ0v) is 14.1. The van der Waals surface area contributed by atoms with Crippen LogP contribution in [-0.2, 0) is 10.0 Å². The molecule has 114 valence electrons. The number of sulfonamides is 1. The van der Waals surface area contributed by atoms with E-state index in [0.29, 0.717) is 23.2 Å². The Kier molecular flexibility index (Phi) is 5.23. The first-order chi connectivity index (χ1) is 9.45. The van der Waals surface area contributed by atoms with Crippen LogP contribution in [0.4, 0.5) is 0 Å². The lowest BCUT2D eigenvalue weighted by Gasteiger charge is -2.31. The Balaban J connectivity index is 2.04. The van der Waals surface area contributed by atoms with Gasteiger partial charge in [0.05, 0.1) is 0 Å². The molecule has 0 aromatic carbocycles. The molecule has 1 aliphatic heterocycles. The Morgan fingerprint density at radius 3 is 2.50 bits per heavy atom. The first kappa shape index (κ1) is 15.9. The summed E-state index contributed by atoms with van der Waals surface area (Å²) in [4.78, 5) is 1.06. The Morgan fingerprint density at radius 1 is 1.35 bits per heavy atom. The van der Waals surface area contributed by atoms with Gasteiger partial charge in [0.15, 0.2) is 0 Å². The van der Waals surface area contributed by atoms with Crippen molar-refractivity contribution in [2.45, 2.75) is 37.8 Å². The number of nitrogens with zero attached hydrogens (tertiary/aromatic N) is 1. The van der Waals surface area contributed by atoms with Crippen LogP contribution in [0.5, 0.6) is 0 Å². The molecule has 4 nitrogen and oxygen atoms in total. The van der Waals surface area contributed by atoms with Gasteiger partial charge >= 0.3 is 0 Å². The fourth-order valence-electron chi connectivity index (χ4n) is 2.70. The first-order valence-electron chi connectivity index (χ1n) is 7.23. The van der Waals surface area contributed by atoms with Crippen LogP contribution in [0.25, 0.3) is 0 Å². The van der Waals surface area contributed by atoms with Gasteiger partial charge in [-0.05, 0) is 57.3 Å². The van der Waals surface area contributed by atoms with Crippen molar-refractivity contribution < 1.29 is 8.42 Å². The number of hydrogen-bond acceptors (Lipinski definition) is 4. The van der Waals surface area contributed by atoms with Crippen molar-refractivity contribution in [1.82, 2.24) is 9.62 Å². The molecule has 1 aliphatic rings. The zero-order valence-electron chi connectivity index (χ0n) is 12.5. The predicted octanol–water partition coefficient (Wildman–Crippen LogP) is 2.38. The van der Waals surface area contributed by atoms with Crippen molar-refractivity contribution >= 4 is 21.4 Å². The minimum Gasteiger partial charge on any atom is -0.317 e. The smallest absolute Gasteiger partial charge is 0.252 e. The maximum absolute atomic E-state index is 12.7. The normalized spacial score (nSPS) is 18.6. The Hall–Kier alpha value is -0.430. The van der Waals surface area contributed by atoms with Crippen LogP contribution in [-0.4, -0.2) is 38.9 Å². The summed E-state index contributed by atoms with van der Waals surface area (Å²) in [5.74, 6) is 0.604. The number of piperidine rings is 1. The molecule has 0 aliphatic carbocycles. The van der Waals surface area contributed by atoms with Crippen LogP contribution >= 0.6 is 11.3 Å². The van der Waals surface area contributed by atoms with E-state index in [1.807, 2.05) is 19.9 Å². The van der Waals surface area contributed by atoms with Crippen molar-refractivity contribution in [2.75, 3.05) is 26.2 Å². The van der Waals surface area contributed by atoms with Crippen LogP contribution in [0, 0.1) is 19.8 Å². The van der Waals surface area contributed by atoms with Gasteiger partial charge in [0.25, 0.3) is 10.0 Å².